The molecule has 0 spiro atoms. The van der Waals surface area contributed by atoms with Gasteiger partial charge in [0.25, 0.3) is 0 Å². The van der Waals surface area contributed by atoms with Crippen LogP contribution in [-0.4, -0.2) is 37.2 Å². The van der Waals surface area contributed by atoms with Crippen LogP contribution in [0.3, 0.4) is 0 Å². The number of ether oxygens (including phenoxy) is 3. The van der Waals surface area contributed by atoms with Crippen molar-refractivity contribution in [1.82, 2.24) is 0 Å². The Morgan fingerprint density at radius 1 is 0.279 bits per heavy atom. The summed E-state index contributed by atoms with van der Waals surface area (Å²) in [7, 11) is 0. The van der Waals surface area contributed by atoms with Crippen molar-refractivity contribution < 1.29 is 28.6 Å². The van der Waals surface area contributed by atoms with Crippen LogP contribution in [0.2, 0.25) is 0 Å². The Kier molecular flexibility index (Phi) is 56.2. The van der Waals surface area contributed by atoms with Crippen LogP contribution >= 0.6 is 0 Å². The average Bonchev–Trinajstić information content (AvgIpc) is 3.34. The standard InChI is InChI=1S/C62H118O6/c1-4-7-10-13-16-19-22-25-27-28-29-30-31-32-33-34-36-37-40-43-46-49-52-55-61(64)67-58-59(57-66-60(63)54-51-48-45-42-39-24-21-18-15-12-9-6-3)68-62(65)56-53-50-47-44-41-38-35-26-23-20-17-14-11-8-5-2/h18,21,59H,4-17,19-20,22-58H2,1-3H3/b21-18-. The van der Waals surface area contributed by atoms with Gasteiger partial charge in [-0.25, -0.2) is 0 Å². The van der Waals surface area contributed by atoms with Crippen molar-refractivity contribution >= 4 is 17.9 Å². The van der Waals surface area contributed by atoms with Gasteiger partial charge in [-0.2, -0.15) is 0 Å². The molecular formula is C62H118O6. The second kappa shape index (κ2) is 57.7. The van der Waals surface area contributed by atoms with Crippen LogP contribution in [0.15, 0.2) is 12.2 Å². The number of rotatable bonds is 57. The predicted octanol–water partition coefficient (Wildman–Crippen LogP) is 20.5. The van der Waals surface area contributed by atoms with E-state index < -0.39 is 6.10 Å². The molecule has 0 aliphatic rings. The van der Waals surface area contributed by atoms with Crippen molar-refractivity contribution in [2.45, 2.75) is 354 Å². The zero-order valence-electron chi connectivity index (χ0n) is 46.2. The molecule has 0 heterocycles. The lowest BCUT2D eigenvalue weighted by Gasteiger charge is -2.18. The number of hydrogen-bond acceptors (Lipinski definition) is 6. The molecule has 0 aliphatic heterocycles. The summed E-state index contributed by atoms with van der Waals surface area (Å²) in [5.74, 6) is -0.850. The number of esters is 3. The molecule has 0 bridgehead atoms. The molecule has 0 aromatic heterocycles. The second-order valence-electron chi connectivity index (χ2n) is 21.0. The van der Waals surface area contributed by atoms with Gasteiger partial charge in [0.1, 0.15) is 13.2 Å². The molecule has 0 saturated heterocycles. The summed E-state index contributed by atoms with van der Waals surface area (Å²) < 4.78 is 16.9. The fourth-order valence-electron chi connectivity index (χ4n) is 9.38. The summed E-state index contributed by atoms with van der Waals surface area (Å²) in [6, 6.07) is 0. The van der Waals surface area contributed by atoms with Gasteiger partial charge in [-0.3, -0.25) is 14.4 Å². The van der Waals surface area contributed by atoms with Crippen molar-refractivity contribution in [1.29, 1.82) is 0 Å². The Hall–Kier alpha value is -1.85. The molecular weight excluding hydrogens is 841 g/mol. The first kappa shape index (κ1) is 66.2. The molecule has 0 N–H and O–H groups in total. The van der Waals surface area contributed by atoms with Gasteiger partial charge in [0.2, 0.25) is 0 Å². The van der Waals surface area contributed by atoms with Crippen molar-refractivity contribution in [3.05, 3.63) is 12.2 Å². The molecule has 0 aromatic carbocycles. The Balaban J connectivity index is 4.21. The third-order valence-electron chi connectivity index (χ3n) is 14.0. The maximum absolute atomic E-state index is 12.9. The van der Waals surface area contributed by atoms with E-state index in [1.165, 1.54) is 244 Å². The highest BCUT2D eigenvalue weighted by molar-refractivity contribution is 5.71. The fourth-order valence-corrected chi connectivity index (χ4v) is 9.38. The summed E-state index contributed by atoms with van der Waals surface area (Å²) >= 11 is 0. The molecule has 6 heteroatoms. The van der Waals surface area contributed by atoms with Crippen LogP contribution in [0, 0.1) is 0 Å². The largest absolute Gasteiger partial charge is 0.462 e. The number of allylic oxidation sites excluding steroid dienone is 2. The van der Waals surface area contributed by atoms with E-state index in [1.54, 1.807) is 0 Å². The van der Waals surface area contributed by atoms with E-state index >= 15 is 0 Å². The second-order valence-corrected chi connectivity index (χ2v) is 21.0. The van der Waals surface area contributed by atoms with E-state index in [9.17, 15) is 14.4 Å². The van der Waals surface area contributed by atoms with Gasteiger partial charge in [-0.05, 0) is 44.9 Å². The van der Waals surface area contributed by atoms with Crippen molar-refractivity contribution in [3.8, 4) is 0 Å². The van der Waals surface area contributed by atoms with E-state index in [-0.39, 0.29) is 31.1 Å². The quantitative estimate of drug-likeness (QED) is 0.0262. The summed E-state index contributed by atoms with van der Waals surface area (Å²) in [5.41, 5.74) is 0. The van der Waals surface area contributed by atoms with E-state index in [0.717, 1.165) is 64.2 Å². The SMILES string of the molecule is CCCCC/C=C\CCCCCCCC(=O)OCC(COC(=O)CCCCCCCCCCCCCCCCCCCCCCCCC)OC(=O)CCCCCCCCCCCCCCCCC. The third kappa shape index (κ3) is 55.1. The zero-order valence-corrected chi connectivity index (χ0v) is 46.2. The maximum atomic E-state index is 12.9. The van der Waals surface area contributed by atoms with E-state index in [2.05, 4.69) is 32.9 Å². The molecule has 0 amide bonds. The van der Waals surface area contributed by atoms with Crippen LogP contribution in [0.5, 0.6) is 0 Å². The minimum absolute atomic E-state index is 0.0664. The lowest BCUT2D eigenvalue weighted by Crippen LogP contribution is -2.30. The summed E-state index contributed by atoms with van der Waals surface area (Å²) in [5, 5.41) is 0. The fraction of sp³-hybridized carbons (Fsp3) is 0.919. The lowest BCUT2D eigenvalue weighted by atomic mass is 10.0. The minimum Gasteiger partial charge on any atom is -0.462 e. The van der Waals surface area contributed by atoms with E-state index in [4.69, 9.17) is 14.2 Å². The number of unbranched alkanes of at least 4 members (excludes halogenated alkanes) is 44. The predicted molar refractivity (Wildman–Crippen MR) is 293 cm³/mol. The smallest absolute Gasteiger partial charge is 0.306 e. The summed E-state index contributed by atoms with van der Waals surface area (Å²) in [6.07, 6.45) is 66.5. The molecule has 68 heavy (non-hydrogen) atoms. The molecule has 1 atom stereocenters. The van der Waals surface area contributed by atoms with E-state index in [1.807, 2.05) is 0 Å². The molecule has 6 nitrogen and oxygen atoms in total. The highest BCUT2D eigenvalue weighted by atomic mass is 16.6. The van der Waals surface area contributed by atoms with Gasteiger partial charge >= 0.3 is 17.9 Å². The van der Waals surface area contributed by atoms with E-state index in [0.29, 0.717) is 19.3 Å². The molecule has 1 unspecified atom stereocenters. The summed E-state index contributed by atoms with van der Waals surface area (Å²) in [6.45, 7) is 6.67. The highest BCUT2D eigenvalue weighted by Crippen LogP contribution is 2.18. The Labute approximate surface area is 424 Å². The highest BCUT2D eigenvalue weighted by Gasteiger charge is 2.19. The van der Waals surface area contributed by atoms with Crippen molar-refractivity contribution in [2.24, 2.45) is 0 Å². The van der Waals surface area contributed by atoms with Crippen LogP contribution in [-0.2, 0) is 28.6 Å². The van der Waals surface area contributed by atoms with Crippen LogP contribution in [0.4, 0.5) is 0 Å². The molecule has 0 radical (unpaired) electrons. The van der Waals surface area contributed by atoms with Crippen LogP contribution in [0.1, 0.15) is 348 Å². The van der Waals surface area contributed by atoms with Gasteiger partial charge in [0.05, 0.1) is 0 Å². The van der Waals surface area contributed by atoms with Gasteiger partial charge in [0.15, 0.2) is 6.10 Å². The molecule has 0 saturated carbocycles. The van der Waals surface area contributed by atoms with Gasteiger partial charge < -0.3 is 14.2 Å². The Morgan fingerprint density at radius 2 is 0.485 bits per heavy atom. The Bertz CT molecular complexity index is 1060. The van der Waals surface area contributed by atoms with Crippen LogP contribution in [0.25, 0.3) is 0 Å². The van der Waals surface area contributed by atoms with Crippen LogP contribution < -0.4 is 0 Å². The lowest BCUT2D eigenvalue weighted by molar-refractivity contribution is -0.167. The Morgan fingerprint density at radius 3 is 0.765 bits per heavy atom. The maximum Gasteiger partial charge on any atom is 0.306 e. The number of carbonyl (C=O) groups excluding carboxylic acids is 3. The zero-order chi connectivity index (χ0) is 49.3. The van der Waals surface area contributed by atoms with Gasteiger partial charge in [0, 0.05) is 19.3 Å². The molecule has 0 rings (SSSR count). The summed E-state index contributed by atoms with van der Waals surface area (Å²) in [4.78, 5) is 38.2. The first-order chi connectivity index (χ1) is 33.5. The molecule has 0 aliphatic carbocycles. The molecule has 402 valence electrons. The number of hydrogen-bond donors (Lipinski definition) is 0. The average molecular weight is 960 g/mol. The monoisotopic (exact) mass is 959 g/mol. The molecule has 0 aromatic rings. The minimum atomic E-state index is -0.767. The van der Waals surface area contributed by atoms with Gasteiger partial charge in [-0.15, -0.1) is 0 Å². The normalized spacial score (nSPS) is 12.0. The first-order valence-electron chi connectivity index (χ1n) is 30.7. The molecule has 0 fully saturated rings. The van der Waals surface area contributed by atoms with Crippen molar-refractivity contribution in [3.63, 3.8) is 0 Å². The van der Waals surface area contributed by atoms with Crippen molar-refractivity contribution in [2.75, 3.05) is 13.2 Å². The topological polar surface area (TPSA) is 78.9 Å². The van der Waals surface area contributed by atoms with Gasteiger partial charge in [-0.1, -0.05) is 296 Å². The number of carbonyl (C=O) groups is 3. The first-order valence-corrected chi connectivity index (χ1v) is 30.7. The third-order valence-corrected chi connectivity index (χ3v) is 14.0.